The summed E-state index contributed by atoms with van der Waals surface area (Å²) >= 11 is 0. The maximum Gasteiger partial charge on any atom is 0.361 e. The second-order valence-electron chi connectivity index (χ2n) is 24.4. The second-order valence-corrected chi connectivity index (χ2v) is 24.4. The van der Waals surface area contributed by atoms with Crippen LogP contribution in [0, 0.1) is 0 Å². The number of ether oxygens (including phenoxy) is 4. The molecule has 512 valence electrons. The molecule has 0 bridgehead atoms. The van der Waals surface area contributed by atoms with Gasteiger partial charge >= 0.3 is 17.9 Å². The summed E-state index contributed by atoms with van der Waals surface area (Å²) < 4.78 is 23.0. The molecule has 0 spiro atoms. The van der Waals surface area contributed by atoms with E-state index in [0.717, 1.165) is 154 Å². The SMILES string of the molecule is CC/C=C\C/C=C\C/C=C\C/C=C\C/C=C\C/C=C\C/C=C\C/C=C\CCCCCCCCCCCCCCC(=O)OC(COC(=O)CCCCCCCCC/C=C\C/C=C\C/C=C\C/C=C\C/C=C\C/C=C\C/C=C\CC)COC(OCC[N+](C)(C)C)C(=O)O. The molecule has 0 saturated carbocycles. The zero-order valence-electron chi connectivity index (χ0n) is 58.4. The summed E-state index contributed by atoms with van der Waals surface area (Å²) in [6, 6.07) is 0. The zero-order chi connectivity index (χ0) is 66.1. The van der Waals surface area contributed by atoms with E-state index in [4.69, 9.17) is 18.9 Å². The highest BCUT2D eigenvalue weighted by Crippen LogP contribution is 2.16. The molecule has 0 aliphatic carbocycles. The van der Waals surface area contributed by atoms with Crippen molar-refractivity contribution < 1.29 is 42.9 Å². The number of hydrogen-bond donors (Lipinski definition) is 1. The number of carbonyl (C=O) groups is 3. The summed E-state index contributed by atoms with van der Waals surface area (Å²) in [6.45, 7) is 4.62. The van der Waals surface area contributed by atoms with Gasteiger partial charge < -0.3 is 28.5 Å². The van der Waals surface area contributed by atoms with Gasteiger partial charge in [-0.15, -0.1) is 0 Å². The fourth-order valence-corrected chi connectivity index (χ4v) is 9.25. The maximum absolute atomic E-state index is 13.0. The van der Waals surface area contributed by atoms with E-state index in [1.165, 1.54) is 70.6 Å². The van der Waals surface area contributed by atoms with E-state index in [-0.39, 0.29) is 38.6 Å². The van der Waals surface area contributed by atoms with Crippen molar-refractivity contribution in [3.8, 4) is 0 Å². The van der Waals surface area contributed by atoms with E-state index in [2.05, 4.69) is 196 Å². The largest absolute Gasteiger partial charge is 0.477 e. The van der Waals surface area contributed by atoms with Gasteiger partial charge in [-0.3, -0.25) is 9.59 Å². The van der Waals surface area contributed by atoms with Gasteiger partial charge in [-0.2, -0.15) is 0 Å². The van der Waals surface area contributed by atoms with Crippen molar-refractivity contribution >= 4 is 17.9 Å². The average Bonchev–Trinajstić information content (AvgIpc) is 3.50. The van der Waals surface area contributed by atoms with Crippen LogP contribution in [0.25, 0.3) is 0 Å². The number of carboxylic acids is 1. The van der Waals surface area contributed by atoms with Gasteiger partial charge in [0, 0.05) is 12.8 Å². The highest BCUT2D eigenvalue weighted by molar-refractivity contribution is 5.71. The number of esters is 2. The summed E-state index contributed by atoms with van der Waals surface area (Å²) in [6.07, 6.45) is 104. The first-order valence-electron chi connectivity index (χ1n) is 35.9. The van der Waals surface area contributed by atoms with Gasteiger partial charge in [-0.1, -0.05) is 292 Å². The minimum absolute atomic E-state index is 0.176. The lowest BCUT2D eigenvalue weighted by atomic mass is 10.0. The van der Waals surface area contributed by atoms with Crippen LogP contribution < -0.4 is 0 Å². The molecule has 0 rings (SSSR count). The normalized spacial score (nSPS) is 13.8. The van der Waals surface area contributed by atoms with E-state index in [0.29, 0.717) is 17.4 Å². The van der Waals surface area contributed by atoms with Gasteiger partial charge in [-0.25, -0.2) is 4.79 Å². The molecule has 0 aromatic rings. The molecule has 9 heteroatoms. The quantitative estimate of drug-likeness (QED) is 0.0211. The molecule has 2 unspecified atom stereocenters. The first-order valence-corrected chi connectivity index (χ1v) is 35.9. The van der Waals surface area contributed by atoms with Crippen LogP contribution in [0.3, 0.4) is 0 Å². The van der Waals surface area contributed by atoms with Gasteiger partial charge in [0.25, 0.3) is 6.29 Å². The number of carbonyl (C=O) groups excluding carboxylic acids is 2. The Labute approximate surface area is 558 Å². The predicted molar refractivity (Wildman–Crippen MR) is 391 cm³/mol. The van der Waals surface area contributed by atoms with Crippen LogP contribution in [-0.2, 0) is 33.3 Å². The molecule has 0 heterocycles. The number of likely N-dealkylation sites (N-methyl/N-ethyl adjacent to an activating group) is 1. The van der Waals surface area contributed by atoms with Crippen LogP contribution in [-0.4, -0.2) is 87.4 Å². The van der Waals surface area contributed by atoms with Crippen molar-refractivity contribution in [2.75, 3.05) is 47.5 Å². The van der Waals surface area contributed by atoms with Crippen molar-refractivity contribution in [2.24, 2.45) is 0 Å². The van der Waals surface area contributed by atoms with Gasteiger partial charge in [-0.05, 0) is 135 Å². The molecule has 0 aliphatic heterocycles. The summed E-state index contributed by atoms with van der Waals surface area (Å²) in [5.41, 5.74) is 0. The molecule has 91 heavy (non-hydrogen) atoms. The molecule has 0 aliphatic rings. The van der Waals surface area contributed by atoms with Crippen LogP contribution in [0.2, 0.25) is 0 Å². The molecule has 0 radical (unpaired) electrons. The van der Waals surface area contributed by atoms with Crippen LogP contribution in [0.15, 0.2) is 182 Å². The van der Waals surface area contributed by atoms with Gasteiger partial charge in [0.15, 0.2) is 6.10 Å². The molecule has 1 N–H and O–H groups in total. The zero-order valence-corrected chi connectivity index (χ0v) is 58.4. The van der Waals surface area contributed by atoms with Crippen LogP contribution in [0.4, 0.5) is 0 Å². The van der Waals surface area contributed by atoms with E-state index in [1.54, 1.807) is 0 Å². The lowest BCUT2D eigenvalue weighted by Crippen LogP contribution is -2.40. The van der Waals surface area contributed by atoms with Gasteiger partial charge in [0.05, 0.1) is 34.4 Å². The lowest BCUT2D eigenvalue weighted by Gasteiger charge is -2.25. The topological polar surface area (TPSA) is 108 Å². The van der Waals surface area contributed by atoms with Crippen molar-refractivity contribution in [1.82, 2.24) is 0 Å². The number of unbranched alkanes of at least 4 members (excludes halogenated alkanes) is 19. The highest BCUT2D eigenvalue weighted by Gasteiger charge is 2.25. The minimum Gasteiger partial charge on any atom is -0.477 e. The Kier molecular flexibility index (Phi) is 65.9. The molecule has 0 aromatic heterocycles. The molecular formula is C82H132NO8+. The van der Waals surface area contributed by atoms with Crippen molar-refractivity contribution in [2.45, 2.75) is 270 Å². The second kappa shape index (κ2) is 70.3. The Morgan fingerprint density at radius 1 is 0.330 bits per heavy atom. The fraction of sp³-hybridized carbons (Fsp3) is 0.598. The Morgan fingerprint density at radius 3 is 0.879 bits per heavy atom. The Hall–Kier alpha value is -5.61. The Balaban J connectivity index is 4.19. The number of nitrogens with zero attached hydrogens (tertiary/aromatic N) is 1. The number of hydrogen-bond acceptors (Lipinski definition) is 7. The van der Waals surface area contributed by atoms with Crippen molar-refractivity contribution in [3.63, 3.8) is 0 Å². The minimum atomic E-state index is -1.53. The average molecular weight is 1260 g/mol. The molecule has 0 amide bonds. The fourth-order valence-electron chi connectivity index (χ4n) is 9.25. The summed E-state index contributed by atoms with van der Waals surface area (Å²) in [5.74, 6) is -2.04. The lowest BCUT2D eigenvalue weighted by molar-refractivity contribution is -0.870. The highest BCUT2D eigenvalue weighted by atomic mass is 16.7. The summed E-state index contributed by atoms with van der Waals surface area (Å²) in [5, 5.41) is 9.76. The molecule has 2 atom stereocenters. The molecule has 9 nitrogen and oxygen atoms in total. The van der Waals surface area contributed by atoms with E-state index in [1.807, 2.05) is 21.1 Å². The Morgan fingerprint density at radius 2 is 0.593 bits per heavy atom. The summed E-state index contributed by atoms with van der Waals surface area (Å²) in [4.78, 5) is 37.7. The van der Waals surface area contributed by atoms with Gasteiger partial charge in [0.2, 0.25) is 0 Å². The third-order valence-corrected chi connectivity index (χ3v) is 14.7. The number of quaternary nitrogens is 1. The van der Waals surface area contributed by atoms with E-state index >= 15 is 0 Å². The van der Waals surface area contributed by atoms with E-state index in [9.17, 15) is 19.5 Å². The van der Waals surface area contributed by atoms with Crippen molar-refractivity contribution in [3.05, 3.63) is 182 Å². The van der Waals surface area contributed by atoms with Crippen LogP contribution in [0.1, 0.15) is 258 Å². The first kappa shape index (κ1) is 85.4. The van der Waals surface area contributed by atoms with Crippen LogP contribution in [0.5, 0.6) is 0 Å². The molecule has 0 saturated heterocycles. The predicted octanol–water partition coefficient (Wildman–Crippen LogP) is 22.8. The standard InChI is InChI=1S/C82H131NO8/c1-6-8-10-12-14-16-18-20-22-24-26-28-30-32-34-36-37-38-39-40-41-42-43-45-47-49-51-53-55-57-59-61-63-65-67-69-71-73-80(85)91-78(77-90-82(81(86)87)88-75-74-83(3,4)5)76-89-79(84)72-70-68-66-64-62-60-58-56-54-52-50-48-46-44-35-33-31-29-27-25-23-21-19-17-15-13-11-9-7-2/h8-11,14-17,20-23,26-29,32-35,37-38,40-41,43,45-46,48,52,54,78,82H,6-7,12-13,18-19,24-25,30-31,36,39,42,44,47,49-51,53,55-77H2,1-5H3/p+1/b10-8-,11-9-,16-14-,17-15-,22-20-,23-21-,28-26-,29-27-,34-32-,35-33-,38-37-,41-40-,45-43-,48-46-,54-52-. The monoisotopic (exact) mass is 1260 g/mol. The molecule has 0 aromatic carbocycles. The van der Waals surface area contributed by atoms with Crippen molar-refractivity contribution in [1.29, 1.82) is 0 Å². The first-order chi connectivity index (χ1) is 44.6. The smallest absolute Gasteiger partial charge is 0.361 e. The maximum atomic E-state index is 13.0. The molecular weight excluding hydrogens is 1130 g/mol. The Bertz CT molecular complexity index is 2150. The number of aliphatic carboxylic acids is 1. The third kappa shape index (κ3) is 71.7. The molecule has 0 fully saturated rings. The number of allylic oxidation sites excluding steroid dienone is 30. The van der Waals surface area contributed by atoms with E-state index < -0.39 is 24.3 Å². The number of rotatable bonds is 64. The third-order valence-electron chi connectivity index (χ3n) is 14.7. The van der Waals surface area contributed by atoms with Gasteiger partial charge in [0.1, 0.15) is 13.2 Å². The number of carboxylic acid groups (broad SMARTS) is 1. The summed E-state index contributed by atoms with van der Waals surface area (Å²) in [7, 11) is 5.96. The van der Waals surface area contributed by atoms with Crippen LogP contribution >= 0.6 is 0 Å².